The second-order valence-electron chi connectivity index (χ2n) is 5.52. The Labute approximate surface area is 96.7 Å². The Morgan fingerprint density at radius 1 is 0.562 bits per heavy atom. The number of rotatable bonds is 0. The average molecular weight is 220 g/mol. The number of fused-ring (bicyclic) bond motifs is 2. The molecule has 3 aliphatic carbocycles. The summed E-state index contributed by atoms with van der Waals surface area (Å²) >= 11 is 0. The molecule has 0 spiro atoms. The Morgan fingerprint density at radius 3 is 1.06 bits per heavy atom. The molecule has 0 amide bonds. The van der Waals surface area contributed by atoms with Crippen LogP contribution in [0.2, 0.25) is 0 Å². The molecule has 0 aromatic heterocycles. The van der Waals surface area contributed by atoms with Crippen molar-refractivity contribution < 1.29 is 10.2 Å². The Hall–Kier alpha value is -0.600. The molecule has 0 heterocycles. The maximum Gasteiger partial charge on any atom is 0.0609 e. The lowest BCUT2D eigenvalue weighted by molar-refractivity contribution is -0.119. The maximum atomic E-state index is 10.4. The van der Waals surface area contributed by atoms with E-state index in [2.05, 4.69) is 24.3 Å². The van der Waals surface area contributed by atoms with E-state index in [4.69, 9.17) is 0 Å². The van der Waals surface area contributed by atoms with Crippen LogP contribution < -0.4 is 0 Å². The summed E-state index contributed by atoms with van der Waals surface area (Å²) in [6.45, 7) is 0. The highest BCUT2D eigenvalue weighted by atomic mass is 16.3. The topological polar surface area (TPSA) is 40.5 Å². The van der Waals surface area contributed by atoms with E-state index >= 15 is 0 Å². The summed E-state index contributed by atoms with van der Waals surface area (Å²) in [4.78, 5) is 0. The first-order valence-electron chi connectivity index (χ1n) is 6.45. The van der Waals surface area contributed by atoms with Crippen LogP contribution in [0.1, 0.15) is 25.7 Å². The predicted molar refractivity (Wildman–Crippen MR) is 62.7 cm³/mol. The number of hydrogen-bond donors (Lipinski definition) is 2. The molecule has 0 aromatic rings. The molecule has 0 radical (unpaired) electrons. The van der Waals surface area contributed by atoms with Crippen molar-refractivity contribution >= 4 is 0 Å². The van der Waals surface area contributed by atoms with Crippen molar-refractivity contribution in [3.63, 3.8) is 0 Å². The normalized spacial score (nSPS) is 50.9. The van der Waals surface area contributed by atoms with Gasteiger partial charge in [0.2, 0.25) is 0 Å². The molecule has 6 atom stereocenters. The monoisotopic (exact) mass is 220 g/mol. The molecule has 88 valence electrons. The molecule has 1 saturated carbocycles. The molecular weight excluding hydrogens is 200 g/mol. The fourth-order valence-corrected chi connectivity index (χ4v) is 3.92. The van der Waals surface area contributed by atoms with Crippen molar-refractivity contribution in [1.29, 1.82) is 0 Å². The SMILES string of the molecule is OC1[C@H]2CC=CC[C@H]2C(O)[C@H]2CC=CC[C@@H]12. The molecule has 0 bridgehead atoms. The molecule has 1 fully saturated rings. The predicted octanol–water partition coefficient (Wildman–Crippen LogP) is 1.89. The number of hydrogen-bond acceptors (Lipinski definition) is 2. The lowest BCUT2D eigenvalue weighted by atomic mass is 9.59. The van der Waals surface area contributed by atoms with E-state index in [0.717, 1.165) is 25.7 Å². The lowest BCUT2D eigenvalue weighted by Gasteiger charge is -2.50. The molecular formula is C14H20O2. The van der Waals surface area contributed by atoms with Gasteiger partial charge in [-0.05, 0) is 49.4 Å². The van der Waals surface area contributed by atoms with Gasteiger partial charge in [-0.3, -0.25) is 0 Å². The molecule has 2 unspecified atom stereocenters. The molecule has 3 aliphatic rings. The van der Waals surface area contributed by atoms with Crippen molar-refractivity contribution in [2.24, 2.45) is 23.7 Å². The van der Waals surface area contributed by atoms with E-state index in [1.165, 1.54) is 0 Å². The summed E-state index contributed by atoms with van der Waals surface area (Å²) in [7, 11) is 0. The largest absolute Gasteiger partial charge is 0.393 e. The van der Waals surface area contributed by atoms with E-state index in [0.29, 0.717) is 0 Å². The van der Waals surface area contributed by atoms with Gasteiger partial charge < -0.3 is 10.2 Å². The van der Waals surface area contributed by atoms with Gasteiger partial charge in [-0.2, -0.15) is 0 Å². The Kier molecular flexibility index (Phi) is 2.64. The molecule has 2 heteroatoms. The Morgan fingerprint density at radius 2 is 0.812 bits per heavy atom. The lowest BCUT2D eigenvalue weighted by Crippen LogP contribution is -2.53. The highest BCUT2D eigenvalue weighted by Gasteiger charge is 2.48. The summed E-state index contributed by atoms with van der Waals surface area (Å²) in [5, 5.41) is 20.9. The number of allylic oxidation sites excluding steroid dienone is 4. The van der Waals surface area contributed by atoms with E-state index in [1.807, 2.05) is 0 Å². The Bertz CT molecular complexity index is 261. The van der Waals surface area contributed by atoms with Crippen LogP contribution >= 0.6 is 0 Å². The standard InChI is InChI=1S/C14H20O2/c15-13-9-5-1-2-6-10(9)14(16)12-8-4-3-7-11(12)13/h1-4,9-16H,5-8H2/t9-,10+,11+,12-,13?,14?. The maximum absolute atomic E-state index is 10.4. The highest BCUT2D eigenvalue weighted by Crippen LogP contribution is 2.47. The van der Waals surface area contributed by atoms with Gasteiger partial charge in [0.1, 0.15) is 0 Å². The van der Waals surface area contributed by atoms with E-state index in [9.17, 15) is 10.2 Å². The first kappa shape index (κ1) is 10.5. The molecule has 16 heavy (non-hydrogen) atoms. The van der Waals surface area contributed by atoms with Gasteiger partial charge in [0, 0.05) is 0 Å². The van der Waals surface area contributed by atoms with Gasteiger partial charge in [0.15, 0.2) is 0 Å². The van der Waals surface area contributed by atoms with Crippen LogP contribution in [0.25, 0.3) is 0 Å². The van der Waals surface area contributed by atoms with Gasteiger partial charge in [0.25, 0.3) is 0 Å². The molecule has 0 saturated heterocycles. The molecule has 2 nitrogen and oxygen atoms in total. The van der Waals surface area contributed by atoms with Gasteiger partial charge >= 0.3 is 0 Å². The van der Waals surface area contributed by atoms with Crippen LogP contribution in [0.3, 0.4) is 0 Å². The zero-order valence-electron chi connectivity index (χ0n) is 9.50. The third kappa shape index (κ3) is 1.47. The quantitative estimate of drug-likeness (QED) is 0.612. The first-order valence-corrected chi connectivity index (χ1v) is 6.45. The third-order valence-corrected chi connectivity index (χ3v) is 4.82. The van der Waals surface area contributed by atoms with Crippen LogP contribution in [0.4, 0.5) is 0 Å². The average Bonchev–Trinajstić information content (AvgIpc) is 2.36. The summed E-state index contributed by atoms with van der Waals surface area (Å²) in [6.07, 6.45) is 12.0. The number of aliphatic hydroxyl groups is 2. The van der Waals surface area contributed by atoms with Crippen molar-refractivity contribution in [2.75, 3.05) is 0 Å². The van der Waals surface area contributed by atoms with Crippen molar-refractivity contribution in [3.05, 3.63) is 24.3 Å². The molecule has 2 N–H and O–H groups in total. The van der Waals surface area contributed by atoms with Crippen LogP contribution in [-0.2, 0) is 0 Å². The fourth-order valence-electron chi connectivity index (χ4n) is 3.92. The minimum atomic E-state index is -0.215. The smallest absolute Gasteiger partial charge is 0.0609 e. The van der Waals surface area contributed by atoms with Crippen LogP contribution in [0.15, 0.2) is 24.3 Å². The first-order chi connectivity index (χ1) is 7.79. The molecule has 3 rings (SSSR count). The summed E-state index contributed by atoms with van der Waals surface area (Å²) in [5.74, 6) is 1.14. The summed E-state index contributed by atoms with van der Waals surface area (Å²) in [5.41, 5.74) is 0. The van der Waals surface area contributed by atoms with Gasteiger partial charge in [-0.15, -0.1) is 0 Å². The zero-order chi connectivity index (χ0) is 11.1. The minimum Gasteiger partial charge on any atom is -0.393 e. The van der Waals surface area contributed by atoms with Gasteiger partial charge in [0.05, 0.1) is 12.2 Å². The van der Waals surface area contributed by atoms with E-state index in [-0.39, 0.29) is 35.9 Å². The minimum absolute atomic E-state index is 0.215. The van der Waals surface area contributed by atoms with Crippen LogP contribution in [0.5, 0.6) is 0 Å². The summed E-state index contributed by atoms with van der Waals surface area (Å²) in [6, 6.07) is 0. The third-order valence-electron chi connectivity index (χ3n) is 4.82. The van der Waals surface area contributed by atoms with Crippen molar-refractivity contribution in [2.45, 2.75) is 37.9 Å². The fraction of sp³-hybridized carbons (Fsp3) is 0.714. The Balaban J connectivity index is 1.90. The summed E-state index contributed by atoms with van der Waals surface area (Å²) < 4.78 is 0. The molecule has 0 aromatic carbocycles. The van der Waals surface area contributed by atoms with Crippen LogP contribution in [-0.4, -0.2) is 22.4 Å². The van der Waals surface area contributed by atoms with E-state index < -0.39 is 0 Å². The van der Waals surface area contributed by atoms with E-state index in [1.54, 1.807) is 0 Å². The second-order valence-corrected chi connectivity index (χ2v) is 5.52. The number of aliphatic hydroxyl groups excluding tert-OH is 2. The van der Waals surface area contributed by atoms with Gasteiger partial charge in [-0.1, -0.05) is 24.3 Å². The highest BCUT2D eigenvalue weighted by molar-refractivity contribution is 5.09. The second kappa shape index (κ2) is 4.01. The van der Waals surface area contributed by atoms with Crippen molar-refractivity contribution in [1.82, 2.24) is 0 Å². The van der Waals surface area contributed by atoms with Crippen molar-refractivity contribution in [3.8, 4) is 0 Å². The zero-order valence-corrected chi connectivity index (χ0v) is 9.50. The molecule has 0 aliphatic heterocycles. The van der Waals surface area contributed by atoms with Crippen LogP contribution in [0, 0.1) is 23.7 Å². The van der Waals surface area contributed by atoms with Gasteiger partial charge in [-0.25, -0.2) is 0 Å².